The van der Waals surface area contributed by atoms with Crippen molar-refractivity contribution in [2.24, 2.45) is 0 Å². The molecule has 1 aromatic heterocycles. The fourth-order valence-corrected chi connectivity index (χ4v) is 1.83. The molecule has 1 heterocycles. The van der Waals surface area contributed by atoms with E-state index in [0.717, 1.165) is 5.56 Å². The predicted molar refractivity (Wildman–Crippen MR) is 79.5 cm³/mol. The van der Waals surface area contributed by atoms with Gasteiger partial charge in [0, 0.05) is 22.4 Å². The van der Waals surface area contributed by atoms with Gasteiger partial charge < -0.3 is 10.5 Å². The Morgan fingerprint density at radius 3 is 2.63 bits per heavy atom. The summed E-state index contributed by atoms with van der Waals surface area (Å²) < 4.78 is 6.06. The second-order valence-corrected chi connectivity index (χ2v) is 4.49. The van der Waals surface area contributed by atoms with E-state index in [4.69, 9.17) is 10.5 Å². The van der Waals surface area contributed by atoms with Gasteiger partial charge in [0.05, 0.1) is 4.92 Å². The summed E-state index contributed by atoms with van der Waals surface area (Å²) in [6, 6.07) is 8.03. The van der Waals surface area contributed by atoms with Crippen molar-refractivity contribution in [2.75, 3.05) is 5.73 Å². The van der Waals surface area contributed by atoms with E-state index in [-0.39, 0.29) is 11.6 Å². The molecule has 0 unspecified atom stereocenters. The summed E-state index contributed by atoms with van der Waals surface area (Å²) in [4.78, 5) is 14.5. The van der Waals surface area contributed by atoms with Crippen molar-refractivity contribution >= 4 is 34.0 Å². The first-order valence-corrected chi connectivity index (χ1v) is 6.85. The molecule has 19 heavy (non-hydrogen) atoms. The van der Waals surface area contributed by atoms with Crippen LogP contribution in [-0.2, 0) is 4.43 Å². The predicted octanol–water partition coefficient (Wildman–Crippen LogP) is 3.30. The Bertz CT molecular complexity index is 602. The van der Waals surface area contributed by atoms with Crippen molar-refractivity contribution in [3.8, 4) is 11.6 Å². The zero-order valence-electron chi connectivity index (χ0n) is 9.75. The Labute approximate surface area is 122 Å². The maximum Gasteiger partial charge on any atom is 0.331 e. The van der Waals surface area contributed by atoms with Crippen LogP contribution in [0.15, 0.2) is 36.5 Å². The minimum atomic E-state index is -0.505. The number of benzene rings is 1. The first kappa shape index (κ1) is 13.5. The van der Waals surface area contributed by atoms with Crippen molar-refractivity contribution in [1.29, 1.82) is 0 Å². The van der Waals surface area contributed by atoms with Crippen molar-refractivity contribution in [1.82, 2.24) is 4.98 Å². The van der Waals surface area contributed by atoms with E-state index in [1.165, 1.54) is 6.07 Å². The third-order valence-electron chi connectivity index (χ3n) is 2.33. The summed E-state index contributed by atoms with van der Waals surface area (Å²) in [6.45, 7) is 0. The van der Waals surface area contributed by atoms with Crippen molar-refractivity contribution in [3.63, 3.8) is 0 Å². The summed E-state index contributed by atoms with van der Waals surface area (Å²) in [5.74, 6) is 0.426. The van der Waals surface area contributed by atoms with E-state index >= 15 is 0 Å². The van der Waals surface area contributed by atoms with E-state index in [9.17, 15) is 10.1 Å². The molecule has 0 radical (unpaired) electrons. The number of aromatic nitrogens is 1. The molecule has 6 nitrogen and oxygen atoms in total. The number of halogens is 1. The molecular weight excluding hydrogens is 361 g/mol. The number of nitro groups is 1. The molecule has 2 rings (SSSR count). The minimum Gasteiger partial charge on any atom is -0.434 e. The molecule has 0 aliphatic rings. The molecular formula is C12H10IN3O3. The zero-order chi connectivity index (χ0) is 13.8. The lowest BCUT2D eigenvalue weighted by Gasteiger charge is -2.06. The summed E-state index contributed by atoms with van der Waals surface area (Å²) in [6.07, 6.45) is 1.56. The largest absolute Gasteiger partial charge is 0.434 e. The molecule has 0 aliphatic heterocycles. The second-order valence-electron chi connectivity index (χ2n) is 3.73. The minimum absolute atomic E-state index is 0.0247. The number of hydrogen-bond donors (Lipinski definition) is 1. The van der Waals surface area contributed by atoms with E-state index < -0.39 is 4.92 Å². The third kappa shape index (κ3) is 3.31. The van der Waals surface area contributed by atoms with Crippen LogP contribution in [0, 0.1) is 10.1 Å². The van der Waals surface area contributed by atoms with Crippen molar-refractivity contribution < 1.29 is 9.66 Å². The lowest BCUT2D eigenvalue weighted by Crippen LogP contribution is -1.97. The lowest BCUT2D eigenvalue weighted by atomic mass is 10.3. The van der Waals surface area contributed by atoms with Crippen molar-refractivity contribution in [2.45, 2.75) is 4.43 Å². The zero-order valence-corrected chi connectivity index (χ0v) is 11.9. The van der Waals surface area contributed by atoms with E-state index in [1.807, 2.05) is 0 Å². The van der Waals surface area contributed by atoms with Gasteiger partial charge in [-0.1, -0.05) is 22.6 Å². The Morgan fingerprint density at radius 2 is 2.05 bits per heavy atom. The van der Waals surface area contributed by atoms with Gasteiger partial charge in [-0.05, 0) is 29.8 Å². The highest BCUT2D eigenvalue weighted by molar-refractivity contribution is 14.1. The van der Waals surface area contributed by atoms with Crippen LogP contribution < -0.4 is 10.5 Å². The Balaban J connectivity index is 2.33. The topological polar surface area (TPSA) is 91.3 Å². The normalized spacial score (nSPS) is 10.2. The average Bonchev–Trinajstić information content (AvgIpc) is 2.41. The van der Waals surface area contributed by atoms with Gasteiger partial charge in [0.25, 0.3) is 5.88 Å². The molecule has 0 spiro atoms. The molecule has 2 N–H and O–H groups in total. The van der Waals surface area contributed by atoms with Gasteiger partial charge in [-0.2, -0.15) is 0 Å². The molecule has 0 saturated carbocycles. The first-order valence-electron chi connectivity index (χ1n) is 5.33. The van der Waals surface area contributed by atoms with E-state index in [2.05, 4.69) is 27.6 Å². The number of nitrogens with two attached hydrogens (primary N) is 1. The van der Waals surface area contributed by atoms with Crippen LogP contribution in [0.2, 0.25) is 0 Å². The van der Waals surface area contributed by atoms with Crippen LogP contribution in [0.1, 0.15) is 5.56 Å². The number of nitrogens with zero attached hydrogens (tertiary/aromatic N) is 2. The highest BCUT2D eigenvalue weighted by Gasteiger charge is 2.18. The van der Waals surface area contributed by atoms with Gasteiger partial charge >= 0.3 is 5.69 Å². The second kappa shape index (κ2) is 5.83. The fourth-order valence-electron chi connectivity index (χ4n) is 1.41. The molecule has 1 aromatic carbocycles. The van der Waals surface area contributed by atoms with Crippen LogP contribution in [0.3, 0.4) is 0 Å². The molecule has 7 heteroatoms. The number of ether oxygens (including phenoxy) is 1. The fraction of sp³-hybridized carbons (Fsp3) is 0.0833. The number of nitrogen functional groups attached to an aromatic ring is 1. The highest BCUT2D eigenvalue weighted by Crippen LogP contribution is 2.30. The number of pyridine rings is 1. The van der Waals surface area contributed by atoms with Gasteiger partial charge in [-0.15, -0.1) is 0 Å². The number of rotatable bonds is 4. The van der Waals surface area contributed by atoms with Gasteiger partial charge in [0.15, 0.2) is 0 Å². The lowest BCUT2D eigenvalue weighted by molar-refractivity contribution is -0.386. The highest BCUT2D eigenvalue weighted by atomic mass is 127. The van der Waals surface area contributed by atoms with Crippen LogP contribution in [0.4, 0.5) is 11.4 Å². The SMILES string of the molecule is Nc1ccc(Oc2ncc(CI)cc2[N+](=O)[O-])cc1. The number of alkyl halides is 1. The summed E-state index contributed by atoms with van der Waals surface area (Å²) in [7, 11) is 0. The quantitative estimate of drug-likeness (QED) is 0.293. The molecule has 2 aromatic rings. The van der Waals surface area contributed by atoms with E-state index in [1.54, 1.807) is 30.5 Å². The summed E-state index contributed by atoms with van der Waals surface area (Å²) in [5.41, 5.74) is 6.78. The smallest absolute Gasteiger partial charge is 0.331 e. The molecule has 0 saturated heterocycles. The van der Waals surface area contributed by atoms with Gasteiger partial charge in [-0.25, -0.2) is 4.98 Å². The third-order valence-corrected chi connectivity index (χ3v) is 3.22. The Kier molecular flexibility index (Phi) is 4.15. The monoisotopic (exact) mass is 371 g/mol. The molecule has 0 fully saturated rings. The molecule has 98 valence electrons. The molecule has 0 atom stereocenters. The summed E-state index contributed by atoms with van der Waals surface area (Å²) >= 11 is 2.12. The standard InChI is InChI=1S/C12H10IN3O3/c13-6-8-5-11(16(17)18)12(15-7-8)19-10-3-1-9(14)2-4-10/h1-5,7H,6,14H2. The maximum atomic E-state index is 11.0. The molecule has 0 amide bonds. The Morgan fingerprint density at radius 1 is 1.37 bits per heavy atom. The first-order chi connectivity index (χ1) is 9.10. The van der Waals surface area contributed by atoms with Gasteiger partial charge in [-0.3, -0.25) is 10.1 Å². The number of anilines is 1. The average molecular weight is 371 g/mol. The van der Waals surface area contributed by atoms with Gasteiger partial charge in [0.1, 0.15) is 5.75 Å². The van der Waals surface area contributed by atoms with Crippen LogP contribution in [0.5, 0.6) is 11.6 Å². The van der Waals surface area contributed by atoms with Crippen LogP contribution in [0.25, 0.3) is 0 Å². The van der Waals surface area contributed by atoms with E-state index in [0.29, 0.717) is 15.9 Å². The molecule has 0 bridgehead atoms. The maximum absolute atomic E-state index is 11.0. The Hall–Kier alpha value is -1.90. The van der Waals surface area contributed by atoms with Crippen LogP contribution >= 0.6 is 22.6 Å². The summed E-state index contributed by atoms with van der Waals surface area (Å²) in [5, 5.41) is 11.0. The van der Waals surface area contributed by atoms with Gasteiger partial charge in [0.2, 0.25) is 0 Å². The molecule has 0 aliphatic carbocycles. The van der Waals surface area contributed by atoms with Crippen molar-refractivity contribution in [3.05, 3.63) is 52.2 Å². The van der Waals surface area contributed by atoms with Crippen LogP contribution in [-0.4, -0.2) is 9.91 Å². The number of hydrogen-bond acceptors (Lipinski definition) is 5.